The Morgan fingerprint density at radius 1 is 1.33 bits per heavy atom. The first kappa shape index (κ1) is 16.1. The molecule has 1 spiro atoms. The lowest BCUT2D eigenvalue weighted by atomic mass is 9.66. The normalized spacial score (nSPS) is 37.0. The van der Waals surface area contributed by atoms with Crippen molar-refractivity contribution in [3.05, 3.63) is 37.0 Å². The average Bonchev–Trinajstić information content (AvgIpc) is 2.47. The molecule has 0 aromatic rings. The van der Waals surface area contributed by atoms with Gasteiger partial charge in [-0.25, -0.2) is 0 Å². The van der Waals surface area contributed by atoms with E-state index in [0.29, 0.717) is 6.04 Å². The topological polar surface area (TPSA) is 32.3 Å². The second-order valence-corrected chi connectivity index (χ2v) is 6.30. The molecule has 2 rings (SSSR count). The molecule has 1 saturated carbocycles. The number of nitrogens with one attached hydrogen (secondary N) is 1. The summed E-state index contributed by atoms with van der Waals surface area (Å²) in [6, 6.07) is 0.488. The third-order valence-electron chi connectivity index (χ3n) is 4.93. The first-order chi connectivity index (χ1) is 10.2. The van der Waals surface area contributed by atoms with Crippen LogP contribution in [0.15, 0.2) is 37.0 Å². The Bertz CT molecular complexity index is 441. The van der Waals surface area contributed by atoms with Crippen molar-refractivity contribution in [2.24, 2.45) is 5.92 Å². The minimum absolute atomic E-state index is 0.0238. The maximum Gasteiger partial charge on any atom is 0.0620 e. The Balaban J connectivity index is 2.12. The molecule has 0 aromatic heterocycles. The van der Waals surface area contributed by atoms with Crippen LogP contribution in [0.2, 0.25) is 0 Å². The van der Waals surface area contributed by atoms with Crippen LogP contribution in [-0.4, -0.2) is 22.8 Å². The van der Waals surface area contributed by atoms with Crippen molar-refractivity contribution < 1.29 is 5.11 Å². The summed E-state index contributed by atoms with van der Waals surface area (Å²) in [5, 5.41) is 14.3. The first-order valence-electron chi connectivity index (χ1n) is 8.08. The van der Waals surface area contributed by atoms with E-state index in [0.717, 1.165) is 32.1 Å². The number of rotatable bonds is 4. The molecule has 1 heterocycles. The molecule has 21 heavy (non-hydrogen) atoms. The standard InChI is InChI=1S/C19H27NO/c1-3-5-7-10-16-11-8-14-19(20-16)15-9-13-18(21)17(19)12-6-4-2/h2-3,5-7,12,16-18,20-21H,1,8-11,13-15H2/b7-5-,12-6-/t16-,17-,18+,19-/m1/s1. The fraction of sp³-hybridized carbons (Fsp3) is 0.579. The molecular weight excluding hydrogens is 258 g/mol. The van der Waals surface area contributed by atoms with Gasteiger partial charge in [-0.2, -0.15) is 0 Å². The van der Waals surface area contributed by atoms with Gasteiger partial charge in [0.2, 0.25) is 0 Å². The molecule has 2 nitrogen and oxygen atoms in total. The molecule has 1 aliphatic carbocycles. The summed E-state index contributed by atoms with van der Waals surface area (Å²) in [7, 11) is 0. The summed E-state index contributed by atoms with van der Waals surface area (Å²) < 4.78 is 0. The van der Waals surface area contributed by atoms with Gasteiger partial charge >= 0.3 is 0 Å². The fourth-order valence-corrected chi connectivity index (χ4v) is 4.00. The zero-order valence-electron chi connectivity index (χ0n) is 12.8. The molecule has 2 aliphatic rings. The number of terminal acetylenes is 1. The van der Waals surface area contributed by atoms with Crippen molar-refractivity contribution in [3.63, 3.8) is 0 Å². The lowest BCUT2D eigenvalue weighted by molar-refractivity contribution is 0.00393. The highest BCUT2D eigenvalue weighted by molar-refractivity contribution is 5.17. The molecule has 1 saturated heterocycles. The summed E-state index contributed by atoms with van der Waals surface area (Å²) in [4.78, 5) is 0. The van der Waals surface area contributed by atoms with Crippen LogP contribution in [0.25, 0.3) is 0 Å². The van der Waals surface area contributed by atoms with Crippen LogP contribution < -0.4 is 5.32 Å². The first-order valence-corrected chi connectivity index (χ1v) is 8.08. The molecule has 0 amide bonds. The van der Waals surface area contributed by atoms with Gasteiger partial charge in [0.15, 0.2) is 0 Å². The van der Waals surface area contributed by atoms with E-state index < -0.39 is 0 Å². The summed E-state index contributed by atoms with van der Waals surface area (Å²) in [6.45, 7) is 3.71. The summed E-state index contributed by atoms with van der Waals surface area (Å²) >= 11 is 0. The number of piperidine rings is 1. The quantitative estimate of drug-likeness (QED) is 0.613. The van der Waals surface area contributed by atoms with E-state index in [-0.39, 0.29) is 17.6 Å². The van der Waals surface area contributed by atoms with E-state index in [9.17, 15) is 5.11 Å². The summed E-state index contributed by atoms with van der Waals surface area (Å²) in [6.07, 6.45) is 22.5. The maximum atomic E-state index is 10.4. The second kappa shape index (κ2) is 7.64. The third kappa shape index (κ3) is 3.87. The van der Waals surface area contributed by atoms with Crippen molar-refractivity contribution in [1.82, 2.24) is 5.32 Å². The Morgan fingerprint density at radius 2 is 2.10 bits per heavy atom. The van der Waals surface area contributed by atoms with Crippen molar-refractivity contribution in [2.45, 2.75) is 62.6 Å². The second-order valence-electron chi connectivity index (χ2n) is 6.30. The van der Waals surface area contributed by atoms with Gasteiger partial charge in [0.1, 0.15) is 0 Å². The van der Waals surface area contributed by atoms with Crippen LogP contribution in [0.4, 0.5) is 0 Å². The smallest absolute Gasteiger partial charge is 0.0620 e. The number of allylic oxidation sites excluding steroid dienone is 3. The molecular formula is C19H27NO. The number of hydrogen-bond donors (Lipinski definition) is 2. The van der Waals surface area contributed by atoms with Crippen molar-refractivity contribution in [3.8, 4) is 12.3 Å². The van der Waals surface area contributed by atoms with E-state index in [4.69, 9.17) is 6.42 Å². The van der Waals surface area contributed by atoms with Crippen molar-refractivity contribution in [2.75, 3.05) is 0 Å². The Morgan fingerprint density at radius 3 is 2.81 bits per heavy atom. The fourth-order valence-electron chi connectivity index (χ4n) is 4.00. The molecule has 2 fully saturated rings. The predicted molar refractivity (Wildman–Crippen MR) is 88.8 cm³/mol. The van der Waals surface area contributed by atoms with Crippen molar-refractivity contribution >= 4 is 0 Å². The van der Waals surface area contributed by atoms with E-state index in [1.165, 1.54) is 12.8 Å². The van der Waals surface area contributed by atoms with Crippen molar-refractivity contribution in [1.29, 1.82) is 0 Å². The molecule has 0 radical (unpaired) electrons. The lowest BCUT2D eigenvalue weighted by Crippen LogP contribution is -2.61. The van der Waals surface area contributed by atoms with Crippen LogP contribution in [0.3, 0.4) is 0 Å². The molecule has 1 aliphatic heterocycles. The van der Waals surface area contributed by atoms with E-state index >= 15 is 0 Å². The maximum absolute atomic E-state index is 10.4. The number of aliphatic hydroxyl groups excluding tert-OH is 1. The zero-order valence-corrected chi connectivity index (χ0v) is 12.8. The van der Waals surface area contributed by atoms with Crippen LogP contribution in [-0.2, 0) is 0 Å². The molecule has 2 N–H and O–H groups in total. The molecule has 114 valence electrons. The van der Waals surface area contributed by atoms with Gasteiger partial charge in [-0.15, -0.1) is 6.42 Å². The van der Waals surface area contributed by atoms with Crippen LogP contribution in [0, 0.1) is 18.3 Å². The summed E-state index contributed by atoms with van der Waals surface area (Å²) in [5.74, 6) is 2.70. The molecule has 4 atom stereocenters. The van der Waals surface area contributed by atoms with Gasteiger partial charge in [0.25, 0.3) is 0 Å². The third-order valence-corrected chi connectivity index (χ3v) is 4.93. The highest BCUT2D eigenvalue weighted by Crippen LogP contribution is 2.41. The Hall–Kier alpha value is -1.30. The van der Waals surface area contributed by atoms with E-state index in [2.05, 4.69) is 23.9 Å². The largest absolute Gasteiger partial charge is 0.392 e. The SMILES string of the molecule is C#C/C=C\[C@@H]1[C@@H](O)CCC[C@]12CCC[C@@H](C/C=C\C=C)N2. The summed E-state index contributed by atoms with van der Waals surface area (Å²) in [5.41, 5.74) is 0.0238. The molecule has 0 aromatic carbocycles. The Kier molecular flexibility index (Phi) is 5.85. The van der Waals surface area contributed by atoms with Gasteiger partial charge in [0.05, 0.1) is 6.10 Å². The van der Waals surface area contributed by atoms with Gasteiger partial charge < -0.3 is 10.4 Å². The van der Waals surface area contributed by atoms with E-state index in [1.807, 2.05) is 18.2 Å². The number of hydrogen-bond acceptors (Lipinski definition) is 2. The predicted octanol–water partition coefficient (Wildman–Crippen LogP) is 3.35. The van der Waals surface area contributed by atoms with Gasteiger partial charge in [-0.1, -0.05) is 43.2 Å². The van der Waals surface area contributed by atoms with Crippen LogP contribution >= 0.6 is 0 Å². The molecule has 0 bridgehead atoms. The highest BCUT2D eigenvalue weighted by Gasteiger charge is 2.45. The minimum Gasteiger partial charge on any atom is -0.392 e. The lowest BCUT2D eigenvalue weighted by Gasteiger charge is -2.51. The zero-order chi connectivity index (χ0) is 15.1. The monoisotopic (exact) mass is 285 g/mol. The van der Waals surface area contributed by atoms with Crippen LogP contribution in [0.1, 0.15) is 44.9 Å². The average molecular weight is 285 g/mol. The van der Waals surface area contributed by atoms with Gasteiger partial charge in [0, 0.05) is 17.5 Å². The van der Waals surface area contributed by atoms with Gasteiger partial charge in [-0.3, -0.25) is 0 Å². The van der Waals surface area contributed by atoms with E-state index in [1.54, 1.807) is 6.08 Å². The van der Waals surface area contributed by atoms with Gasteiger partial charge in [-0.05, 0) is 44.6 Å². The van der Waals surface area contributed by atoms with Crippen LogP contribution in [0.5, 0.6) is 0 Å². The molecule has 0 unspecified atom stereocenters. The Labute approximate surface area is 129 Å². The highest BCUT2D eigenvalue weighted by atomic mass is 16.3. The molecule has 2 heteroatoms. The minimum atomic E-state index is -0.279. The number of aliphatic hydroxyl groups is 1.